The van der Waals surface area contributed by atoms with Crippen LogP contribution in [0.25, 0.3) is 0 Å². The van der Waals surface area contributed by atoms with Gasteiger partial charge in [-0.15, -0.1) is 0 Å². The zero-order chi connectivity index (χ0) is 14.5. The maximum absolute atomic E-state index is 10.8. The molecule has 19 heavy (non-hydrogen) atoms. The van der Waals surface area contributed by atoms with Crippen LogP contribution in [-0.4, -0.2) is 37.8 Å². The lowest BCUT2D eigenvalue weighted by Crippen LogP contribution is -2.42. The molecule has 1 N–H and O–H groups in total. The van der Waals surface area contributed by atoms with Crippen molar-refractivity contribution in [2.24, 2.45) is 0 Å². The molecule has 1 aromatic rings. The van der Waals surface area contributed by atoms with Crippen molar-refractivity contribution in [3.63, 3.8) is 0 Å². The Morgan fingerprint density at radius 3 is 2.68 bits per heavy atom. The maximum Gasteiger partial charge on any atom is 0.304 e. The zero-order valence-electron chi connectivity index (χ0n) is 12.4. The number of carboxylic acid groups (broad SMARTS) is 1. The number of rotatable bonds is 7. The van der Waals surface area contributed by atoms with E-state index in [1.54, 1.807) is 0 Å². The molecule has 0 atom stereocenters. The molecule has 1 heterocycles. The molecule has 1 aromatic heterocycles. The van der Waals surface area contributed by atoms with Gasteiger partial charge in [0.1, 0.15) is 0 Å². The summed E-state index contributed by atoms with van der Waals surface area (Å²) in [7, 11) is 0. The number of carbonyl (C=O) groups is 1. The molecule has 0 aliphatic carbocycles. The monoisotopic (exact) mass is 267 g/mol. The minimum Gasteiger partial charge on any atom is -0.481 e. The van der Waals surface area contributed by atoms with Crippen molar-refractivity contribution in [3.05, 3.63) is 18.0 Å². The topological polar surface area (TPSA) is 58.4 Å². The van der Waals surface area contributed by atoms with Crippen molar-refractivity contribution < 1.29 is 9.90 Å². The minimum absolute atomic E-state index is 0.0588. The number of hydrogen-bond donors (Lipinski definition) is 1. The van der Waals surface area contributed by atoms with E-state index >= 15 is 0 Å². The van der Waals surface area contributed by atoms with Gasteiger partial charge in [-0.25, -0.2) is 0 Å². The first kappa shape index (κ1) is 15.7. The van der Waals surface area contributed by atoms with Gasteiger partial charge in [-0.1, -0.05) is 6.92 Å². The van der Waals surface area contributed by atoms with Crippen LogP contribution >= 0.6 is 0 Å². The van der Waals surface area contributed by atoms with Gasteiger partial charge in [0, 0.05) is 31.4 Å². The standard InChI is InChI=1S/C14H25N3O2/c1-5-9-17-12(6-8-15-17)11-16(14(2,3)4)10-7-13(18)19/h6,8H,5,7,9-11H2,1-4H3,(H,18,19). The molecule has 5 nitrogen and oxygen atoms in total. The van der Waals surface area contributed by atoms with E-state index in [0.717, 1.165) is 25.2 Å². The summed E-state index contributed by atoms with van der Waals surface area (Å²) >= 11 is 0. The molecule has 0 unspecified atom stereocenters. The average Bonchev–Trinajstić information content (AvgIpc) is 2.70. The lowest BCUT2D eigenvalue weighted by Gasteiger charge is -2.35. The van der Waals surface area contributed by atoms with Crippen molar-refractivity contribution >= 4 is 5.97 Å². The zero-order valence-corrected chi connectivity index (χ0v) is 12.4. The molecule has 0 radical (unpaired) electrons. The third kappa shape index (κ3) is 5.03. The summed E-state index contributed by atoms with van der Waals surface area (Å²) in [5.74, 6) is -0.753. The van der Waals surface area contributed by atoms with Crippen molar-refractivity contribution in [1.82, 2.24) is 14.7 Å². The number of carboxylic acids is 1. The second kappa shape index (κ2) is 6.70. The van der Waals surface area contributed by atoms with E-state index < -0.39 is 5.97 Å². The molecule has 0 amide bonds. The van der Waals surface area contributed by atoms with Crippen molar-refractivity contribution in [2.45, 2.75) is 59.2 Å². The second-order valence-electron chi connectivity index (χ2n) is 5.78. The Balaban J connectivity index is 2.76. The van der Waals surface area contributed by atoms with Gasteiger partial charge in [0.15, 0.2) is 0 Å². The van der Waals surface area contributed by atoms with Gasteiger partial charge < -0.3 is 5.11 Å². The first-order chi connectivity index (χ1) is 8.84. The summed E-state index contributed by atoms with van der Waals surface area (Å²) in [6, 6.07) is 2.01. The Morgan fingerprint density at radius 1 is 1.47 bits per heavy atom. The molecule has 108 valence electrons. The van der Waals surface area contributed by atoms with Crippen LogP contribution in [0.3, 0.4) is 0 Å². The van der Waals surface area contributed by atoms with Crippen LogP contribution in [-0.2, 0) is 17.9 Å². The molecule has 0 aliphatic rings. The Bertz CT molecular complexity index is 407. The van der Waals surface area contributed by atoms with E-state index in [2.05, 4.69) is 37.7 Å². The van der Waals surface area contributed by atoms with Gasteiger partial charge in [-0.05, 0) is 33.3 Å². The van der Waals surface area contributed by atoms with Crippen LogP contribution in [0.4, 0.5) is 0 Å². The van der Waals surface area contributed by atoms with E-state index in [4.69, 9.17) is 5.11 Å². The summed E-state index contributed by atoms with van der Waals surface area (Å²) in [4.78, 5) is 12.9. The van der Waals surface area contributed by atoms with Crippen molar-refractivity contribution in [1.29, 1.82) is 0 Å². The minimum atomic E-state index is -0.753. The number of aliphatic carboxylic acids is 1. The quantitative estimate of drug-likeness (QED) is 0.824. The summed E-state index contributed by atoms with van der Waals surface area (Å²) in [6.07, 6.45) is 3.02. The highest BCUT2D eigenvalue weighted by molar-refractivity contribution is 5.66. The maximum atomic E-state index is 10.8. The molecule has 1 rings (SSSR count). The van der Waals surface area contributed by atoms with Crippen LogP contribution in [0.2, 0.25) is 0 Å². The summed E-state index contributed by atoms with van der Waals surface area (Å²) in [5, 5.41) is 13.2. The molecule has 0 saturated heterocycles. The fourth-order valence-electron chi connectivity index (χ4n) is 1.99. The van der Waals surface area contributed by atoms with E-state index in [1.807, 2.05) is 16.9 Å². The number of aryl methyl sites for hydroxylation is 1. The molecular formula is C14H25N3O2. The molecule has 0 saturated carbocycles. The predicted octanol–water partition coefficient (Wildman–Crippen LogP) is 2.37. The van der Waals surface area contributed by atoms with E-state index in [0.29, 0.717) is 6.54 Å². The molecule has 0 bridgehead atoms. The third-order valence-corrected chi connectivity index (χ3v) is 3.14. The fourth-order valence-corrected chi connectivity index (χ4v) is 1.99. The van der Waals surface area contributed by atoms with E-state index in [-0.39, 0.29) is 12.0 Å². The third-order valence-electron chi connectivity index (χ3n) is 3.14. The summed E-state index contributed by atoms with van der Waals surface area (Å²) < 4.78 is 2.00. The van der Waals surface area contributed by atoms with E-state index in [9.17, 15) is 4.79 Å². The van der Waals surface area contributed by atoms with E-state index in [1.165, 1.54) is 0 Å². The van der Waals surface area contributed by atoms with Crippen LogP contribution in [0.1, 0.15) is 46.2 Å². The Hall–Kier alpha value is -1.36. The Kier molecular flexibility index (Phi) is 5.54. The lowest BCUT2D eigenvalue weighted by molar-refractivity contribution is -0.137. The van der Waals surface area contributed by atoms with Crippen LogP contribution in [0.5, 0.6) is 0 Å². The van der Waals surface area contributed by atoms with Crippen LogP contribution < -0.4 is 0 Å². The molecule has 0 aromatic carbocycles. The normalized spacial score (nSPS) is 12.1. The predicted molar refractivity (Wildman–Crippen MR) is 74.9 cm³/mol. The summed E-state index contributed by atoms with van der Waals surface area (Å²) in [6.45, 7) is 10.6. The Labute approximate surface area is 115 Å². The van der Waals surface area contributed by atoms with Crippen LogP contribution in [0.15, 0.2) is 12.3 Å². The number of aromatic nitrogens is 2. The highest BCUT2D eigenvalue weighted by atomic mass is 16.4. The molecule has 5 heteroatoms. The second-order valence-corrected chi connectivity index (χ2v) is 5.78. The van der Waals surface area contributed by atoms with Gasteiger partial charge in [-0.2, -0.15) is 5.10 Å². The molecule has 0 fully saturated rings. The van der Waals surface area contributed by atoms with Gasteiger partial charge in [0.2, 0.25) is 0 Å². The SMILES string of the molecule is CCCn1nccc1CN(CCC(=O)O)C(C)(C)C. The molecule has 0 aliphatic heterocycles. The molecular weight excluding hydrogens is 242 g/mol. The first-order valence-corrected chi connectivity index (χ1v) is 6.82. The fraction of sp³-hybridized carbons (Fsp3) is 0.714. The number of hydrogen-bond acceptors (Lipinski definition) is 3. The molecule has 0 spiro atoms. The lowest BCUT2D eigenvalue weighted by atomic mass is 10.1. The van der Waals surface area contributed by atoms with Gasteiger partial charge in [0.25, 0.3) is 0 Å². The van der Waals surface area contributed by atoms with Crippen molar-refractivity contribution in [2.75, 3.05) is 6.54 Å². The number of nitrogens with zero attached hydrogens (tertiary/aromatic N) is 3. The highest BCUT2D eigenvalue weighted by Crippen LogP contribution is 2.17. The first-order valence-electron chi connectivity index (χ1n) is 6.82. The average molecular weight is 267 g/mol. The summed E-state index contributed by atoms with van der Waals surface area (Å²) in [5.41, 5.74) is 1.08. The van der Waals surface area contributed by atoms with Gasteiger partial charge in [-0.3, -0.25) is 14.4 Å². The van der Waals surface area contributed by atoms with Crippen LogP contribution in [0, 0.1) is 0 Å². The van der Waals surface area contributed by atoms with Gasteiger partial charge in [0.05, 0.1) is 12.1 Å². The smallest absolute Gasteiger partial charge is 0.304 e. The largest absolute Gasteiger partial charge is 0.481 e. The van der Waals surface area contributed by atoms with Gasteiger partial charge >= 0.3 is 5.97 Å². The van der Waals surface area contributed by atoms with Crippen molar-refractivity contribution in [3.8, 4) is 0 Å². The Morgan fingerprint density at radius 2 is 2.16 bits per heavy atom. The highest BCUT2D eigenvalue weighted by Gasteiger charge is 2.23.